The van der Waals surface area contributed by atoms with E-state index in [4.69, 9.17) is 14.4 Å². The van der Waals surface area contributed by atoms with Gasteiger partial charge in [-0.15, -0.1) is 0 Å². The van der Waals surface area contributed by atoms with E-state index in [9.17, 15) is 14.0 Å². The number of halogens is 1. The van der Waals surface area contributed by atoms with Crippen LogP contribution in [0.25, 0.3) is 0 Å². The van der Waals surface area contributed by atoms with Crippen molar-refractivity contribution in [3.8, 4) is 11.6 Å². The predicted molar refractivity (Wildman–Crippen MR) is 116 cm³/mol. The number of hydrogen-bond donors (Lipinski definition) is 2. The molecular weight excluding hydrogens is 433 g/mol. The van der Waals surface area contributed by atoms with Gasteiger partial charge in [0, 0.05) is 24.9 Å². The van der Waals surface area contributed by atoms with E-state index in [0.29, 0.717) is 22.9 Å². The molecule has 0 aliphatic rings. The summed E-state index contributed by atoms with van der Waals surface area (Å²) >= 11 is 0. The van der Waals surface area contributed by atoms with Crippen molar-refractivity contribution in [2.75, 3.05) is 11.9 Å². The molecule has 2 aromatic heterocycles. The van der Waals surface area contributed by atoms with Gasteiger partial charge >= 0.3 is 11.4 Å². The summed E-state index contributed by atoms with van der Waals surface area (Å²) < 4.78 is 25.8. The molecule has 0 amide bonds. The molecule has 0 aliphatic heterocycles. The first-order valence-corrected chi connectivity index (χ1v) is 10.1. The van der Waals surface area contributed by atoms with Crippen LogP contribution in [-0.4, -0.2) is 31.0 Å². The monoisotopic (exact) mass is 453 g/mol. The number of aliphatic hydroxyl groups excluding tert-OH is 1. The smallest absolute Gasteiger partial charge is 0.354 e. The number of rotatable bonds is 9. The molecular formula is C22H20FN5O5. The van der Waals surface area contributed by atoms with Gasteiger partial charge in [-0.3, -0.25) is 4.57 Å². The zero-order chi connectivity index (χ0) is 23.2. The van der Waals surface area contributed by atoms with Gasteiger partial charge in [0.25, 0.3) is 5.88 Å². The van der Waals surface area contributed by atoms with Crippen LogP contribution in [0.1, 0.15) is 12.0 Å². The van der Waals surface area contributed by atoms with Crippen molar-refractivity contribution >= 4 is 11.6 Å². The fourth-order valence-electron chi connectivity index (χ4n) is 3.07. The van der Waals surface area contributed by atoms with Gasteiger partial charge in [-0.05, 0) is 53.5 Å². The molecule has 4 rings (SSSR count). The molecule has 0 spiro atoms. The quantitative estimate of drug-likeness (QED) is 0.396. The van der Waals surface area contributed by atoms with Crippen LogP contribution < -0.4 is 21.4 Å². The second kappa shape index (κ2) is 9.92. The number of hydrogen-bond acceptors (Lipinski definition) is 8. The Bertz CT molecular complexity index is 1320. The highest BCUT2D eigenvalue weighted by molar-refractivity contribution is 5.55. The molecule has 0 saturated heterocycles. The van der Waals surface area contributed by atoms with Crippen LogP contribution in [0.2, 0.25) is 0 Å². The summed E-state index contributed by atoms with van der Waals surface area (Å²) in [5.41, 5.74) is -0.139. The number of benzene rings is 2. The van der Waals surface area contributed by atoms with Gasteiger partial charge in [-0.2, -0.15) is 4.98 Å². The first kappa shape index (κ1) is 22.0. The maximum absolute atomic E-state index is 13.3. The topological polar surface area (TPSA) is 124 Å². The molecule has 2 aromatic carbocycles. The van der Waals surface area contributed by atoms with Gasteiger partial charge in [0.05, 0.1) is 6.54 Å². The van der Waals surface area contributed by atoms with E-state index >= 15 is 0 Å². The van der Waals surface area contributed by atoms with Crippen LogP contribution >= 0.6 is 0 Å². The van der Waals surface area contributed by atoms with Crippen molar-refractivity contribution in [2.45, 2.75) is 19.5 Å². The van der Waals surface area contributed by atoms with Gasteiger partial charge in [-0.25, -0.2) is 18.5 Å². The number of nitrogens with zero attached hydrogens (tertiary/aromatic N) is 4. The molecule has 4 aromatic rings. The molecule has 33 heavy (non-hydrogen) atoms. The third-order valence-corrected chi connectivity index (χ3v) is 4.69. The number of ether oxygens (including phenoxy) is 1. The third-order valence-electron chi connectivity index (χ3n) is 4.69. The molecule has 0 saturated carbocycles. The van der Waals surface area contributed by atoms with Gasteiger partial charge in [0.15, 0.2) is 0 Å². The molecule has 2 N–H and O–H groups in total. The van der Waals surface area contributed by atoms with Crippen molar-refractivity contribution in [3.63, 3.8) is 0 Å². The predicted octanol–water partition coefficient (Wildman–Crippen LogP) is 2.50. The van der Waals surface area contributed by atoms with Gasteiger partial charge in [0.2, 0.25) is 5.95 Å². The minimum Gasteiger partial charge on any atom is -0.436 e. The SMILES string of the molecule is O=c1nc(Nc2ccc(Oc3ccon3)cc2)n(Cc2ccc(F)cc2)c(=O)n1CCCO. The Balaban J connectivity index is 1.65. The van der Waals surface area contributed by atoms with Crippen molar-refractivity contribution in [1.29, 1.82) is 0 Å². The third kappa shape index (κ3) is 5.33. The second-order valence-electron chi connectivity index (χ2n) is 7.03. The van der Waals surface area contributed by atoms with Crippen molar-refractivity contribution in [2.24, 2.45) is 0 Å². The summed E-state index contributed by atoms with van der Waals surface area (Å²) in [5.74, 6) is 0.436. The summed E-state index contributed by atoms with van der Waals surface area (Å²) in [6.45, 7) is -0.0905. The van der Waals surface area contributed by atoms with Gasteiger partial charge < -0.3 is 19.7 Å². The molecule has 0 radical (unpaired) electrons. The van der Waals surface area contributed by atoms with Crippen LogP contribution in [0, 0.1) is 5.82 Å². The summed E-state index contributed by atoms with van der Waals surface area (Å²) in [5, 5.41) is 15.7. The first-order chi connectivity index (χ1) is 16.0. The Kier molecular flexibility index (Phi) is 6.60. The highest BCUT2D eigenvalue weighted by atomic mass is 19.1. The molecule has 0 bridgehead atoms. The fraction of sp³-hybridized carbons (Fsp3) is 0.182. The highest BCUT2D eigenvalue weighted by Crippen LogP contribution is 2.22. The molecule has 2 heterocycles. The number of aliphatic hydroxyl groups is 1. The van der Waals surface area contributed by atoms with E-state index in [1.165, 1.54) is 23.0 Å². The molecule has 0 fully saturated rings. The summed E-state index contributed by atoms with van der Waals surface area (Å²) in [4.78, 5) is 29.6. The van der Waals surface area contributed by atoms with E-state index in [1.807, 2.05) is 0 Å². The first-order valence-electron chi connectivity index (χ1n) is 10.1. The van der Waals surface area contributed by atoms with E-state index in [2.05, 4.69) is 15.5 Å². The average Bonchev–Trinajstić information content (AvgIpc) is 3.32. The Morgan fingerprint density at radius 2 is 1.79 bits per heavy atom. The Morgan fingerprint density at radius 1 is 1.03 bits per heavy atom. The summed E-state index contributed by atoms with van der Waals surface area (Å²) in [6.07, 6.45) is 1.62. The van der Waals surface area contributed by atoms with Gasteiger partial charge in [0.1, 0.15) is 17.8 Å². The lowest BCUT2D eigenvalue weighted by Crippen LogP contribution is -2.42. The zero-order valence-electron chi connectivity index (χ0n) is 17.3. The van der Waals surface area contributed by atoms with Crippen LogP contribution in [0.3, 0.4) is 0 Å². The van der Waals surface area contributed by atoms with Crippen molar-refractivity contribution in [1.82, 2.24) is 19.3 Å². The zero-order valence-corrected chi connectivity index (χ0v) is 17.3. The minimum atomic E-state index is -0.739. The number of anilines is 2. The van der Waals surface area contributed by atoms with Crippen LogP contribution in [0.15, 0.2) is 75.0 Å². The van der Waals surface area contributed by atoms with Crippen LogP contribution in [0.5, 0.6) is 11.6 Å². The molecule has 0 aliphatic carbocycles. The minimum absolute atomic E-state index is 0.0267. The summed E-state index contributed by atoms with van der Waals surface area (Å²) in [6, 6.07) is 13.9. The standard InChI is InChI=1S/C22H20FN5O5/c23-16-4-2-15(3-5-16)14-28-20(25-21(30)27(22(28)31)11-1-12-29)24-17-6-8-18(9-7-17)33-19-10-13-32-26-19/h2-10,13,29H,1,11-12,14H2,(H,24,25,30). The largest absolute Gasteiger partial charge is 0.436 e. The van der Waals surface area contributed by atoms with Crippen molar-refractivity contribution in [3.05, 3.63) is 93.2 Å². The van der Waals surface area contributed by atoms with Crippen molar-refractivity contribution < 1.29 is 18.8 Å². The van der Waals surface area contributed by atoms with Gasteiger partial charge in [-0.1, -0.05) is 12.1 Å². The summed E-state index contributed by atoms with van der Waals surface area (Å²) in [7, 11) is 0. The molecule has 10 nitrogen and oxygen atoms in total. The molecule has 0 unspecified atom stereocenters. The van der Waals surface area contributed by atoms with E-state index in [0.717, 1.165) is 4.57 Å². The Labute approximate surface area is 186 Å². The second-order valence-corrected chi connectivity index (χ2v) is 7.03. The maximum atomic E-state index is 13.3. The fourth-order valence-corrected chi connectivity index (χ4v) is 3.07. The number of nitrogens with one attached hydrogen (secondary N) is 1. The molecule has 11 heteroatoms. The normalized spacial score (nSPS) is 10.8. The lowest BCUT2D eigenvalue weighted by Gasteiger charge is -2.16. The maximum Gasteiger partial charge on any atom is 0.354 e. The molecule has 170 valence electrons. The van der Waals surface area contributed by atoms with Crippen LogP contribution in [0.4, 0.5) is 16.0 Å². The Hall–Kier alpha value is -4.25. The average molecular weight is 453 g/mol. The van der Waals surface area contributed by atoms with E-state index in [-0.39, 0.29) is 32.1 Å². The lowest BCUT2D eigenvalue weighted by molar-refractivity contribution is 0.276. The van der Waals surface area contributed by atoms with E-state index < -0.39 is 17.2 Å². The van der Waals surface area contributed by atoms with E-state index in [1.54, 1.807) is 42.5 Å². The number of aromatic nitrogens is 4. The lowest BCUT2D eigenvalue weighted by atomic mass is 10.2. The highest BCUT2D eigenvalue weighted by Gasteiger charge is 2.14. The Morgan fingerprint density at radius 3 is 2.45 bits per heavy atom. The van der Waals surface area contributed by atoms with Crippen LogP contribution in [-0.2, 0) is 13.1 Å². The molecule has 0 atom stereocenters.